The molecule has 0 rings (SSSR count). The number of methoxy groups -OCH3 is 1. The van der Waals surface area contributed by atoms with Gasteiger partial charge >= 0.3 is 5.97 Å². The number of primary amides is 1. The van der Waals surface area contributed by atoms with Crippen LogP contribution in [-0.2, 0) is 38.3 Å². The maximum Gasteiger partial charge on any atom is 0.330 e. The van der Waals surface area contributed by atoms with E-state index < -0.39 is 78.1 Å². The van der Waals surface area contributed by atoms with Crippen molar-refractivity contribution in [3.05, 3.63) is 12.2 Å². The third-order valence-corrected chi connectivity index (χ3v) is 6.52. The summed E-state index contributed by atoms with van der Waals surface area (Å²) in [6.45, 7) is 10.3. The van der Waals surface area contributed by atoms with Gasteiger partial charge in [-0.2, -0.15) is 0 Å². The van der Waals surface area contributed by atoms with Crippen molar-refractivity contribution in [1.82, 2.24) is 21.3 Å². The van der Waals surface area contributed by atoms with E-state index in [0.29, 0.717) is 6.42 Å². The molecule has 0 aromatic heterocycles. The summed E-state index contributed by atoms with van der Waals surface area (Å²) in [6.07, 6.45) is 3.11. The molecule has 0 aromatic rings. The van der Waals surface area contributed by atoms with Crippen molar-refractivity contribution in [1.29, 1.82) is 0 Å². The molecule has 0 aromatic carbocycles. The first-order valence-electron chi connectivity index (χ1n) is 15.1. The van der Waals surface area contributed by atoms with Crippen LogP contribution in [0, 0.1) is 23.7 Å². The average molecular weight is 641 g/mol. The molecule has 0 aliphatic heterocycles. The number of hydrogen-bond donors (Lipinski definition) is 7. The third-order valence-electron chi connectivity index (χ3n) is 6.52. The number of nitrogens with two attached hydrogens (primary N) is 2. The van der Waals surface area contributed by atoms with Gasteiger partial charge in [0.2, 0.25) is 35.4 Å². The molecule has 0 heterocycles. The number of nitrogens with one attached hydrogen (secondary N) is 4. The van der Waals surface area contributed by atoms with Crippen molar-refractivity contribution in [3.63, 3.8) is 0 Å². The fourth-order valence-corrected chi connectivity index (χ4v) is 4.23. The quantitative estimate of drug-likeness (QED) is 0.0493. The van der Waals surface area contributed by atoms with E-state index in [4.69, 9.17) is 16.6 Å². The van der Waals surface area contributed by atoms with Crippen LogP contribution in [-0.4, -0.2) is 84.4 Å². The first kappa shape index (κ1) is 41.1. The fraction of sp³-hybridized carbons (Fsp3) is 0.700. The second-order valence-electron chi connectivity index (χ2n) is 12.2. The number of aliphatic hydroxyl groups excluding tert-OH is 1. The topological polar surface area (TPSA) is 249 Å². The van der Waals surface area contributed by atoms with E-state index >= 15 is 0 Å². The van der Waals surface area contributed by atoms with Gasteiger partial charge in [-0.1, -0.05) is 47.6 Å². The van der Waals surface area contributed by atoms with Gasteiger partial charge in [0.25, 0.3) is 0 Å². The Hall–Kier alpha value is -3.85. The minimum atomic E-state index is -1.36. The molecule has 0 unspecified atom stereocenters. The van der Waals surface area contributed by atoms with Crippen LogP contribution in [0.5, 0.6) is 0 Å². The van der Waals surface area contributed by atoms with Crippen LogP contribution in [0.4, 0.5) is 0 Å². The molecule has 0 aliphatic carbocycles. The van der Waals surface area contributed by atoms with Crippen LogP contribution in [0.1, 0.15) is 73.6 Å². The van der Waals surface area contributed by atoms with Crippen LogP contribution < -0.4 is 32.7 Å². The van der Waals surface area contributed by atoms with Crippen molar-refractivity contribution >= 4 is 41.4 Å². The van der Waals surface area contributed by atoms with Crippen molar-refractivity contribution in [2.75, 3.05) is 13.7 Å². The van der Waals surface area contributed by atoms with Crippen molar-refractivity contribution < 1.29 is 43.4 Å². The monoisotopic (exact) mass is 640 g/mol. The highest BCUT2D eigenvalue weighted by Crippen LogP contribution is 2.15. The zero-order valence-corrected chi connectivity index (χ0v) is 27.4. The largest absolute Gasteiger partial charge is 0.466 e. The van der Waals surface area contributed by atoms with E-state index in [-0.39, 0.29) is 43.4 Å². The Bertz CT molecular complexity index is 1060. The maximum atomic E-state index is 13.3. The molecule has 5 atom stereocenters. The highest BCUT2D eigenvalue weighted by atomic mass is 16.5. The van der Waals surface area contributed by atoms with E-state index in [2.05, 4.69) is 20.7 Å². The molecule has 0 saturated carbocycles. The summed E-state index contributed by atoms with van der Waals surface area (Å²) in [6, 6.07) is -4.27. The molecule has 15 heteroatoms. The van der Waals surface area contributed by atoms with Gasteiger partial charge in [-0.05, 0) is 43.4 Å². The zero-order chi connectivity index (χ0) is 34.9. The summed E-state index contributed by atoms with van der Waals surface area (Å²) < 4.78 is 4.59. The Labute approximate surface area is 265 Å². The van der Waals surface area contributed by atoms with Crippen molar-refractivity contribution in [3.8, 4) is 0 Å². The van der Waals surface area contributed by atoms with Gasteiger partial charge in [0.1, 0.15) is 24.0 Å². The number of amides is 6. The number of carbonyl (C=O) groups excluding carboxylic acids is 7. The van der Waals surface area contributed by atoms with Crippen LogP contribution in [0.15, 0.2) is 12.2 Å². The summed E-state index contributed by atoms with van der Waals surface area (Å²) in [5.41, 5.74) is 11.0. The molecule has 9 N–H and O–H groups in total. The number of esters is 1. The van der Waals surface area contributed by atoms with Crippen LogP contribution >= 0.6 is 0 Å². The van der Waals surface area contributed by atoms with Crippen LogP contribution in [0.2, 0.25) is 0 Å². The molecule has 0 radical (unpaired) electrons. The first-order valence-corrected chi connectivity index (χ1v) is 15.1. The number of carbonyl (C=O) groups is 7. The van der Waals surface area contributed by atoms with Crippen molar-refractivity contribution in [2.45, 2.75) is 97.8 Å². The van der Waals surface area contributed by atoms with Gasteiger partial charge in [-0.3, -0.25) is 34.1 Å². The molecule has 0 spiro atoms. The molecule has 256 valence electrons. The number of aliphatic hydroxyl groups is 1. The number of imide groups is 1. The summed E-state index contributed by atoms with van der Waals surface area (Å²) in [7, 11) is 1.23. The fourth-order valence-electron chi connectivity index (χ4n) is 4.23. The highest BCUT2D eigenvalue weighted by Gasteiger charge is 2.34. The van der Waals surface area contributed by atoms with Gasteiger partial charge in [-0.25, -0.2) is 4.79 Å². The zero-order valence-electron chi connectivity index (χ0n) is 27.4. The Morgan fingerprint density at radius 1 is 0.756 bits per heavy atom. The van der Waals surface area contributed by atoms with Crippen LogP contribution in [0.3, 0.4) is 0 Å². The van der Waals surface area contributed by atoms with E-state index in [0.717, 1.165) is 0 Å². The van der Waals surface area contributed by atoms with E-state index in [1.807, 2.05) is 19.2 Å². The highest BCUT2D eigenvalue weighted by molar-refractivity contribution is 6.08. The molecule has 0 bridgehead atoms. The standard InChI is InChI=1S/C30H52N6O9/c1-16(2)12-19(8-11-25(39)45-7)33-24(38)10-9-22(26(32)40)34-30(44)23(14-18(5)6)35-27(41)20(13-17(3)4)28(42)36-29(43)21(31)15-37/h8,11,16-23,37H,9-10,12-15,31H2,1-7H3,(H2,32,40)(H,33,38)(H,34,44)(H,35,41)(H,36,42,43)/b11-8+/t19-,20+,21+,22+,23+/m1/s1. The van der Waals surface area contributed by atoms with Crippen molar-refractivity contribution in [2.24, 2.45) is 35.1 Å². The van der Waals surface area contributed by atoms with Gasteiger partial charge < -0.3 is 37.3 Å². The SMILES string of the molecule is COC(=O)/C=C/[C@H](CC(C)C)NC(=O)CC[C@H](NC(=O)[C@H](CC(C)C)NC(=O)[C@H](CC(C)C)C(=O)NC(=O)[C@@H](N)CO)C(N)=O. The lowest BCUT2D eigenvalue weighted by Crippen LogP contribution is -2.56. The molecule has 45 heavy (non-hydrogen) atoms. The van der Waals surface area contributed by atoms with E-state index in [9.17, 15) is 33.6 Å². The molecule has 15 nitrogen and oxygen atoms in total. The summed E-state index contributed by atoms with van der Waals surface area (Å²) in [4.78, 5) is 87.7. The van der Waals surface area contributed by atoms with Gasteiger partial charge in [0.15, 0.2) is 0 Å². The normalized spacial score (nSPS) is 14.8. The molecule has 6 amide bonds. The lowest BCUT2D eigenvalue weighted by Gasteiger charge is -2.26. The molecular formula is C30H52N6O9. The van der Waals surface area contributed by atoms with Gasteiger partial charge in [-0.15, -0.1) is 0 Å². The molecular weight excluding hydrogens is 588 g/mol. The third kappa shape index (κ3) is 17.3. The lowest BCUT2D eigenvalue weighted by molar-refractivity contribution is -0.141. The Balaban J connectivity index is 5.67. The number of ether oxygens (including phenoxy) is 1. The average Bonchev–Trinajstić information content (AvgIpc) is 2.94. The Kier molecular flexibility index (Phi) is 19.2. The second-order valence-corrected chi connectivity index (χ2v) is 12.2. The predicted octanol–water partition coefficient (Wildman–Crippen LogP) is -0.848. The Morgan fingerprint density at radius 2 is 1.31 bits per heavy atom. The molecule has 0 saturated heterocycles. The summed E-state index contributed by atoms with van der Waals surface area (Å²) >= 11 is 0. The second kappa shape index (κ2) is 21.0. The van der Waals surface area contributed by atoms with Gasteiger partial charge in [0.05, 0.1) is 13.7 Å². The first-order chi connectivity index (χ1) is 20.9. The summed E-state index contributed by atoms with van der Waals surface area (Å²) in [5, 5.41) is 18.9. The lowest BCUT2D eigenvalue weighted by atomic mass is 9.94. The smallest absolute Gasteiger partial charge is 0.330 e. The minimum absolute atomic E-state index is 0.0426. The number of rotatable bonds is 20. The van der Waals surface area contributed by atoms with E-state index in [1.54, 1.807) is 27.7 Å². The molecule has 0 aliphatic rings. The predicted molar refractivity (Wildman–Crippen MR) is 165 cm³/mol. The maximum absolute atomic E-state index is 13.3. The number of hydrogen-bond acceptors (Lipinski definition) is 10. The van der Waals surface area contributed by atoms with E-state index in [1.165, 1.54) is 19.3 Å². The Morgan fingerprint density at radius 3 is 1.80 bits per heavy atom. The minimum Gasteiger partial charge on any atom is -0.466 e. The molecule has 0 fully saturated rings. The van der Waals surface area contributed by atoms with Gasteiger partial charge in [0, 0.05) is 18.5 Å². The summed E-state index contributed by atoms with van der Waals surface area (Å²) in [5.74, 6) is -6.79. The van der Waals surface area contributed by atoms with Crippen LogP contribution in [0.25, 0.3) is 0 Å².